The second-order valence-corrected chi connectivity index (χ2v) is 9.29. The average molecular weight is 425 g/mol. The second-order valence-electron chi connectivity index (χ2n) is 9.29. The number of aromatic nitrogens is 2. The average Bonchev–Trinajstić information content (AvgIpc) is 3.10. The number of nitrogens with zero attached hydrogens (tertiary/aromatic N) is 4. The van der Waals surface area contributed by atoms with Gasteiger partial charge in [-0.3, -0.25) is 4.79 Å². The van der Waals surface area contributed by atoms with E-state index in [1.54, 1.807) is 0 Å². The molecule has 1 amide bonds. The van der Waals surface area contributed by atoms with Gasteiger partial charge in [-0.15, -0.1) is 0 Å². The molecule has 6 nitrogen and oxygen atoms in total. The van der Waals surface area contributed by atoms with Crippen molar-refractivity contribution in [3.05, 3.63) is 42.5 Å². The lowest BCUT2D eigenvalue weighted by Gasteiger charge is -2.41. The third kappa shape index (κ3) is 3.91. The zero-order valence-corrected chi connectivity index (χ0v) is 17.7. The Hall–Kier alpha value is -2.54. The van der Waals surface area contributed by atoms with E-state index >= 15 is 0 Å². The van der Waals surface area contributed by atoms with Crippen molar-refractivity contribution in [3.8, 4) is 11.4 Å². The van der Waals surface area contributed by atoms with Gasteiger partial charge >= 0.3 is 0 Å². The number of likely N-dealkylation sites (tertiary alicyclic amines) is 1. The first-order valence-corrected chi connectivity index (χ1v) is 11.4. The largest absolute Gasteiger partial charge is 0.393 e. The highest BCUT2D eigenvalue weighted by molar-refractivity contribution is 5.86. The Labute approximate surface area is 182 Å². The van der Waals surface area contributed by atoms with Crippen LogP contribution in [0, 0.1) is 11.2 Å². The first-order chi connectivity index (χ1) is 15.0. The predicted molar refractivity (Wildman–Crippen MR) is 116 cm³/mol. The fourth-order valence-electron chi connectivity index (χ4n) is 5.58. The summed E-state index contributed by atoms with van der Waals surface area (Å²) in [6.07, 6.45) is 8.47. The number of piperidine rings is 1. The molecule has 3 heterocycles. The van der Waals surface area contributed by atoms with Gasteiger partial charge in [-0.25, -0.2) is 14.4 Å². The maximum absolute atomic E-state index is 13.5. The Morgan fingerprint density at radius 2 is 1.71 bits per heavy atom. The third-order valence-electron chi connectivity index (χ3n) is 7.34. The normalized spacial score (nSPS) is 29.0. The number of hydrogen-bond acceptors (Lipinski definition) is 5. The highest BCUT2D eigenvalue weighted by Gasteiger charge is 2.50. The maximum Gasteiger partial charge on any atom is 0.230 e. The summed E-state index contributed by atoms with van der Waals surface area (Å²) in [7, 11) is 0. The summed E-state index contributed by atoms with van der Waals surface area (Å²) >= 11 is 0. The lowest BCUT2D eigenvalue weighted by Crippen LogP contribution is -2.50. The minimum absolute atomic E-state index is 0.198. The van der Waals surface area contributed by atoms with Crippen molar-refractivity contribution in [2.45, 2.75) is 57.1 Å². The molecule has 1 spiro atoms. The minimum Gasteiger partial charge on any atom is -0.393 e. The van der Waals surface area contributed by atoms with Crippen LogP contribution in [0.3, 0.4) is 0 Å². The Morgan fingerprint density at radius 1 is 1.00 bits per heavy atom. The molecule has 1 aromatic carbocycles. The summed E-state index contributed by atoms with van der Waals surface area (Å²) in [6, 6.07) is 8.29. The zero-order valence-electron chi connectivity index (χ0n) is 17.7. The smallest absolute Gasteiger partial charge is 0.230 e. The van der Waals surface area contributed by atoms with Gasteiger partial charge < -0.3 is 14.9 Å². The van der Waals surface area contributed by atoms with Gasteiger partial charge in [0.2, 0.25) is 5.91 Å². The molecule has 0 radical (unpaired) electrons. The number of rotatable bonds is 3. The molecule has 3 fully saturated rings. The second kappa shape index (κ2) is 8.19. The van der Waals surface area contributed by atoms with Crippen LogP contribution in [-0.2, 0) is 4.79 Å². The SMILES string of the molecule is O=C1N([C@H]2CC[C@@H](O)CC2)CC[C@@]12CCCN(c1ccc(-c3ncc(F)cn3)cc1)C2. The number of benzene rings is 1. The number of aliphatic hydroxyl groups is 1. The maximum atomic E-state index is 13.5. The molecule has 2 aliphatic heterocycles. The molecule has 1 aromatic heterocycles. The fraction of sp³-hybridized carbons (Fsp3) is 0.542. The van der Waals surface area contributed by atoms with Crippen LogP contribution in [0.4, 0.5) is 10.1 Å². The van der Waals surface area contributed by atoms with E-state index in [-0.39, 0.29) is 11.5 Å². The Bertz CT molecular complexity index is 928. The highest BCUT2D eigenvalue weighted by atomic mass is 19.1. The third-order valence-corrected chi connectivity index (χ3v) is 7.34. The Balaban J connectivity index is 1.29. The number of anilines is 1. The van der Waals surface area contributed by atoms with Gasteiger partial charge in [0.1, 0.15) is 0 Å². The summed E-state index contributed by atoms with van der Waals surface area (Å²) in [6.45, 7) is 2.54. The molecule has 2 saturated heterocycles. The van der Waals surface area contributed by atoms with Crippen LogP contribution in [0.1, 0.15) is 44.9 Å². The van der Waals surface area contributed by atoms with Crippen LogP contribution >= 0.6 is 0 Å². The molecule has 7 heteroatoms. The van der Waals surface area contributed by atoms with E-state index in [9.17, 15) is 14.3 Å². The molecule has 1 atom stereocenters. The van der Waals surface area contributed by atoms with Crippen molar-refractivity contribution in [2.24, 2.45) is 5.41 Å². The lowest BCUT2D eigenvalue weighted by atomic mass is 9.78. The summed E-state index contributed by atoms with van der Waals surface area (Å²) in [5, 5.41) is 9.81. The molecule has 3 aliphatic rings. The van der Waals surface area contributed by atoms with Crippen molar-refractivity contribution in [1.29, 1.82) is 0 Å². The summed E-state index contributed by atoms with van der Waals surface area (Å²) in [5.74, 6) is 0.371. The molecule has 31 heavy (non-hydrogen) atoms. The van der Waals surface area contributed by atoms with Gasteiger partial charge in [0.15, 0.2) is 11.6 Å². The van der Waals surface area contributed by atoms with Crippen molar-refractivity contribution in [3.63, 3.8) is 0 Å². The van der Waals surface area contributed by atoms with Crippen LogP contribution in [0.2, 0.25) is 0 Å². The van der Waals surface area contributed by atoms with Crippen molar-refractivity contribution in [1.82, 2.24) is 14.9 Å². The predicted octanol–water partition coefficient (Wildman–Crippen LogP) is 3.41. The van der Waals surface area contributed by atoms with Crippen LogP contribution in [-0.4, -0.2) is 57.7 Å². The van der Waals surface area contributed by atoms with Crippen LogP contribution in [0.25, 0.3) is 11.4 Å². The van der Waals surface area contributed by atoms with Gasteiger partial charge in [-0.1, -0.05) is 0 Å². The van der Waals surface area contributed by atoms with Crippen LogP contribution in [0.5, 0.6) is 0 Å². The molecule has 5 rings (SSSR count). The monoisotopic (exact) mass is 424 g/mol. The van der Waals surface area contributed by atoms with Gasteiger partial charge in [0, 0.05) is 36.9 Å². The lowest BCUT2D eigenvalue weighted by molar-refractivity contribution is -0.139. The van der Waals surface area contributed by atoms with E-state index in [1.807, 2.05) is 24.3 Å². The highest BCUT2D eigenvalue weighted by Crippen LogP contribution is 2.43. The summed E-state index contributed by atoms with van der Waals surface area (Å²) in [5.41, 5.74) is 1.66. The molecule has 0 bridgehead atoms. The Kier molecular flexibility index (Phi) is 5.38. The first-order valence-electron chi connectivity index (χ1n) is 11.4. The molecular weight excluding hydrogens is 395 g/mol. The van der Waals surface area contributed by atoms with Crippen molar-refractivity contribution in [2.75, 3.05) is 24.5 Å². The number of carbonyl (C=O) groups is 1. The fourth-order valence-corrected chi connectivity index (χ4v) is 5.58. The Morgan fingerprint density at radius 3 is 2.42 bits per heavy atom. The van der Waals surface area contributed by atoms with Crippen molar-refractivity contribution >= 4 is 11.6 Å². The quantitative estimate of drug-likeness (QED) is 0.818. The number of hydrogen-bond donors (Lipinski definition) is 1. The van der Waals surface area contributed by atoms with E-state index in [4.69, 9.17) is 0 Å². The topological polar surface area (TPSA) is 69.6 Å². The zero-order chi connectivity index (χ0) is 21.4. The van der Waals surface area contributed by atoms with E-state index in [0.29, 0.717) is 17.8 Å². The summed E-state index contributed by atoms with van der Waals surface area (Å²) < 4.78 is 13.1. The van der Waals surface area contributed by atoms with Gasteiger partial charge in [0.25, 0.3) is 0 Å². The molecule has 164 valence electrons. The molecule has 1 saturated carbocycles. The van der Waals surface area contributed by atoms with Gasteiger partial charge in [-0.2, -0.15) is 0 Å². The molecular formula is C24H29FN4O2. The number of amides is 1. The summed E-state index contributed by atoms with van der Waals surface area (Å²) in [4.78, 5) is 26.0. The first kappa shape index (κ1) is 20.4. The number of halogens is 1. The van der Waals surface area contributed by atoms with E-state index in [1.165, 1.54) is 12.4 Å². The number of aliphatic hydroxyl groups excluding tert-OH is 1. The standard InChI is InChI=1S/C24H29FN4O2/c25-18-14-26-22(27-15-18)17-2-4-19(5-3-17)28-12-1-10-24(16-28)11-13-29(23(24)31)20-6-8-21(30)9-7-20/h2-5,14-15,20-21,30H,1,6-13,16H2/t20-,21+,24-/m1/s1. The van der Waals surface area contributed by atoms with Crippen molar-refractivity contribution < 1.29 is 14.3 Å². The van der Waals surface area contributed by atoms with Crippen LogP contribution < -0.4 is 4.90 Å². The molecule has 2 aromatic rings. The number of carbonyl (C=O) groups excluding carboxylic acids is 1. The van der Waals surface area contributed by atoms with E-state index in [0.717, 1.165) is 75.8 Å². The van der Waals surface area contributed by atoms with Crippen LogP contribution in [0.15, 0.2) is 36.7 Å². The molecule has 0 unspecified atom stereocenters. The van der Waals surface area contributed by atoms with Gasteiger partial charge in [-0.05, 0) is 69.2 Å². The van der Waals surface area contributed by atoms with E-state index in [2.05, 4.69) is 19.8 Å². The van der Waals surface area contributed by atoms with Gasteiger partial charge in [0.05, 0.1) is 23.9 Å². The van der Waals surface area contributed by atoms with E-state index < -0.39 is 5.82 Å². The minimum atomic E-state index is -0.446. The molecule has 1 aliphatic carbocycles. The molecule has 1 N–H and O–H groups in total.